The van der Waals surface area contributed by atoms with Crippen molar-refractivity contribution in [2.75, 3.05) is 7.11 Å². The number of ether oxygens (including phenoxy) is 2. The van der Waals surface area contributed by atoms with E-state index in [0.717, 1.165) is 5.75 Å². The van der Waals surface area contributed by atoms with E-state index < -0.39 is 0 Å². The smallest absolute Gasteiger partial charge is 0.164 e. The third kappa shape index (κ3) is 2.51. The lowest BCUT2D eigenvalue weighted by Gasteiger charge is -2.04. The molecule has 12 heavy (non-hydrogen) atoms. The van der Waals surface area contributed by atoms with Gasteiger partial charge in [-0.3, -0.25) is 0 Å². The van der Waals surface area contributed by atoms with Crippen LogP contribution in [0.2, 0.25) is 0 Å². The molecule has 0 aliphatic carbocycles. The molecule has 0 bridgehead atoms. The minimum atomic E-state index is 0.503. The summed E-state index contributed by atoms with van der Waals surface area (Å²) in [6.07, 6.45) is 0. The zero-order valence-corrected chi connectivity index (χ0v) is 7.85. The molecular formula is C9H10O2S. The first-order valence-corrected chi connectivity index (χ1v) is 3.95. The fourth-order valence-corrected chi connectivity index (χ4v) is 0.927. The molecule has 3 heteroatoms. The molecule has 0 aliphatic heterocycles. The highest BCUT2D eigenvalue weighted by molar-refractivity contribution is 7.80. The van der Waals surface area contributed by atoms with Gasteiger partial charge in [-0.25, -0.2) is 0 Å². The Bertz CT molecular complexity index is 284. The van der Waals surface area contributed by atoms with Gasteiger partial charge >= 0.3 is 0 Å². The van der Waals surface area contributed by atoms with Gasteiger partial charge < -0.3 is 9.47 Å². The molecule has 0 saturated heterocycles. The molecule has 1 aromatic carbocycles. The first-order chi connectivity index (χ1) is 5.72. The zero-order chi connectivity index (χ0) is 8.97. The molecule has 1 aromatic rings. The number of hydrogen-bond acceptors (Lipinski definition) is 3. The molecular weight excluding hydrogens is 172 g/mol. The summed E-state index contributed by atoms with van der Waals surface area (Å²) in [5.41, 5.74) is 0. The first-order valence-electron chi connectivity index (χ1n) is 3.55. The van der Waals surface area contributed by atoms with Crippen molar-refractivity contribution in [2.24, 2.45) is 0 Å². The van der Waals surface area contributed by atoms with Crippen molar-refractivity contribution < 1.29 is 9.47 Å². The van der Waals surface area contributed by atoms with Crippen molar-refractivity contribution in [3.05, 3.63) is 24.3 Å². The summed E-state index contributed by atoms with van der Waals surface area (Å²) in [5.74, 6) is 1.48. The Morgan fingerprint density at radius 2 is 2.00 bits per heavy atom. The molecule has 2 nitrogen and oxygen atoms in total. The van der Waals surface area contributed by atoms with E-state index in [2.05, 4.69) is 0 Å². The average molecular weight is 182 g/mol. The van der Waals surface area contributed by atoms with Crippen LogP contribution in [-0.2, 0) is 0 Å². The Morgan fingerprint density at radius 1 is 1.33 bits per heavy atom. The monoisotopic (exact) mass is 182 g/mol. The molecule has 0 atom stereocenters. The number of benzene rings is 1. The predicted octanol–water partition coefficient (Wildman–Crippen LogP) is 2.42. The Labute approximate surface area is 77.1 Å². The lowest BCUT2D eigenvalue weighted by atomic mass is 10.3. The maximum atomic E-state index is 5.21. The van der Waals surface area contributed by atoms with Gasteiger partial charge in [-0.1, -0.05) is 6.07 Å². The second-order valence-electron chi connectivity index (χ2n) is 2.27. The lowest BCUT2D eigenvalue weighted by molar-refractivity contribution is 0.412. The molecule has 0 radical (unpaired) electrons. The highest BCUT2D eigenvalue weighted by atomic mass is 32.1. The second kappa shape index (κ2) is 4.07. The molecule has 0 aromatic heterocycles. The summed E-state index contributed by atoms with van der Waals surface area (Å²) in [6, 6.07) is 7.33. The summed E-state index contributed by atoms with van der Waals surface area (Å²) in [7, 11) is 1.61. The Morgan fingerprint density at radius 3 is 2.58 bits per heavy atom. The van der Waals surface area contributed by atoms with E-state index in [1.807, 2.05) is 18.2 Å². The van der Waals surface area contributed by atoms with Gasteiger partial charge in [0.1, 0.15) is 11.5 Å². The summed E-state index contributed by atoms with van der Waals surface area (Å²) < 4.78 is 10.2. The van der Waals surface area contributed by atoms with Crippen molar-refractivity contribution in [3.63, 3.8) is 0 Å². The van der Waals surface area contributed by atoms with Crippen LogP contribution in [-0.4, -0.2) is 12.2 Å². The third-order valence-electron chi connectivity index (χ3n) is 1.30. The summed E-state index contributed by atoms with van der Waals surface area (Å²) in [4.78, 5) is 0. The number of thiocarbonyl (C=S) groups is 1. The normalized spacial score (nSPS) is 9.17. The second-order valence-corrected chi connectivity index (χ2v) is 2.85. The first kappa shape index (κ1) is 9.00. The molecule has 0 amide bonds. The van der Waals surface area contributed by atoms with Crippen molar-refractivity contribution >= 4 is 17.3 Å². The van der Waals surface area contributed by atoms with Gasteiger partial charge in [-0.15, -0.1) is 0 Å². The van der Waals surface area contributed by atoms with Crippen LogP contribution in [0.25, 0.3) is 0 Å². The van der Waals surface area contributed by atoms with Crippen LogP contribution < -0.4 is 9.47 Å². The molecule has 0 N–H and O–H groups in total. The standard InChI is InChI=1S/C9H10O2S/c1-7(12)11-9-5-3-4-8(6-9)10-2/h3-6H,1-2H3. The molecule has 64 valence electrons. The number of methoxy groups -OCH3 is 1. The van der Waals surface area contributed by atoms with Gasteiger partial charge in [0.05, 0.1) is 7.11 Å². The van der Waals surface area contributed by atoms with Crippen LogP contribution in [0.3, 0.4) is 0 Å². The van der Waals surface area contributed by atoms with E-state index in [4.69, 9.17) is 21.7 Å². The minimum absolute atomic E-state index is 0.503. The van der Waals surface area contributed by atoms with Crippen molar-refractivity contribution in [3.8, 4) is 11.5 Å². The minimum Gasteiger partial charge on any atom is -0.497 e. The topological polar surface area (TPSA) is 18.5 Å². The van der Waals surface area contributed by atoms with Gasteiger partial charge in [-0.05, 0) is 24.4 Å². The van der Waals surface area contributed by atoms with E-state index in [1.54, 1.807) is 20.1 Å². The van der Waals surface area contributed by atoms with Crippen LogP contribution in [0.15, 0.2) is 24.3 Å². The Kier molecular flexibility index (Phi) is 3.05. The summed E-state index contributed by atoms with van der Waals surface area (Å²) >= 11 is 4.79. The largest absolute Gasteiger partial charge is 0.497 e. The fraction of sp³-hybridized carbons (Fsp3) is 0.222. The van der Waals surface area contributed by atoms with E-state index in [1.165, 1.54) is 0 Å². The van der Waals surface area contributed by atoms with Crippen LogP contribution in [0.1, 0.15) is 6.92 Å². The van der Waals surface area contributed by atoms with Crippen LogP contribution in [0, 0.1) is 0 Å². The molecule has 0 fully saturated rings. The summed E-state index contributed by atoms with van der Waals surface area (Å²) in [5, 5.41) is 0.503. The third-order valence-corrected chi connectivity index (χ3v) is 1.39. The van der Waals surface area contributed by atoms with E-state index >= 15 is 0 Å². The number of rotatable bonds is 2. The van der Waals surface area contributed by atoms with Crippen LogP contribution in [0.4, 0.5) is 0 Å². The molecule has 0 saturated carbocycles. The van der Waals surface area contributed by atoms with Gasteiger partial charge in [-0.2, -0.15) is 0 Å². The lowest BCUT2D eigenvalue weighted by Crippen LogP contribution is -1.98. The molecule has 0 spiro atoms. The quantitative estimate of drug-likeness (QED) is 0.654. The average Bonchev–Trinajstić information content (AvgIpc) is 2.03. The fourth-order valence-electron chi connectivity index (χ4n) is 0.831. The van der Waals surface area contributed by atoms with Crippen molar-refractivity contribution in [2.45, 2.75) is 6.92 Å². The SMILES string of the molecule is COc1cccc(OC(C)=S)c1. The van der Waals surface area contributed by atoms with E-state index in [9.17, 15) is 0 Å². The maximum absolute atomic E-state index is 5.21. The molecule has 1 rings (SSSR count). The van der Waals surface area contributed by atoms with Gasteiger partial charge in [0.15, 0.2) is 5.05 Å². The Hall–Kier alpha value is -1.09. The highest BCUT2D eigenvalue weighted by Gasteiger charge is 1.96. The van der Waals surface area contributed by atoms with Gasteiger partial charge in [0.2, 0.25) is 0 Å². The van der Waals surface area contributed by atoms with Gasteiger partial charge in [0, 0.05) is 13.0 Å². The predicted molar refractivity (Wildman–Crippen MR) is 51.9 cm³/mol. The van der Waals surface area contributed by atoms with Crippen LogP contribution in [0.5, 0.6) is 11.5 Å². The highest BCUT2D eigenvalue weighted by Crippen LogP contribution is 2.18. The Balaban J connectivity index is 2.79. The van der Waals surface area contributed by atoms with Crippen molar-refractivity contribution in [1.82, 2.24) is 0 Å². The summed E-state index contributed by atoms with van der Waals surface area (Å²) in [6.45, 7) is 1.73. The molecule has 0 unspecified atom stereocenters. The van der Waals surface area contributed by atoms with Crippen LogP contribution >= 0.6 is 12.2 Å². The number of hydrogen-bond donors (Lipinski definition) is 0. The molecule has 0 heterocycles. The van der Waals surface area contributed by atoms with Gasteiger partial charge in [0.25, 0.3) is 0 Å². The zero-order valence-electron chi connectivity index (χ0n) is 7.03. The molecule has 0 aliphatic rings. The van der Waals surface area contributed by atoms with Crippen molar-refractivity contribution in [1.29, 1.82) is 0 Å². The maximum Gasteiger partial charge on any atom is 0.164 e. The van der Waals surface area contributed by atoms with E-state index in [0.29, 0.717) is 10.8 Å². The van der Waals surface area contributed by atoms with E-state index in [-0.39, 0.29) is 0 Å².